The summed E-state index contributed by atoms with van der Waals surface area (Å²) in [4.78, 5) is 24.2. The fraction of sp³-hybridized carbons (Fsp3) is 0.158. The first-order valence-electron chi connectivity index (χ1n) is 7.44. The van der Waals surface area contributed by atoms with Crippen LogP contribution in [0.3, 0.4) is 0 Å². The molecule has 0 N–H and O–H groups in total. The second-order valence-electron chi connectivity index (χ2n) is 5.45. The van der Waals surface area contributed by atoms with E-state index < -0.39 is 5.97 Å². The van der Waals surface area contributed by atoms with Crippen LogP contribution < -0.4 is 10.3 Å². The molecule has 0 spiro atoms. The number of carbonyl (C=O) groups excluding carboxylic acids is 1. The van der Waals surface area contributed by atoms with Crippen LogP contribution >= 0.6 is 0 Å². The number of aromatic nitrogens is 1. The molecule has 0 unspecified atom stereocenters. The third kappa shape index (κ3) is 2.65. The van der Waals surface area contributed by atoms with Gasteiger partial charge in [-0.25, -0.2) is 4.79 Å². The molecule has 0 saturated carbocycles. The standard InChI is InChI=1S/C19H17NO4/c1-12-4-5-13-6-9-18(21)20(16(13)10-12)14-7-8-15(19(22)24-3)17(11-14)23-2/h4-11H,1-3H3. The molecule has 0 saturated heterocycles. The lowest BCUT2D eigenvalue weighted by Gasteiger charge is -2.13. The normalized spacial score (nSPS) is 10.6. The number of pyridine rings is 1. The van der Waals surface area contributed by atoms with Gasteiger partial charge in [-0.2, -0.15) is 0 Å². The van der Waals surface area contributed by atoms with Crippen molar-refractivity contribution in [2.45, 2.75) is 6.92 Å². The number of esters is 1. The molecule has 2 aromatic carbocycles. The smallest absolute Gasteiger partial charge is 0.341 e. The first kappa shape index (κ1) is 15.8. The van der Waals surface area contributed by atoms with Gasteiger partial charge in [-0.3, -0.25) is 9.36 Å². The molecule has 0 amide bonds. The van der Waals surface area contributed by atoms with E-state index in [2.05, 4.69) is 0 Å². The van der Waals surface area contributed by atoms with Gasteiger partial charge in [0.2, 0.25) is 0 Å². The Morgan fingerprint density at radius 3 is 2.46 bits per heavy atom. The van der Waals surface area contributed by atoms with Crippen LogP contribution in [0.25, 0.3) is 16.6 Å². The Labute approximate surface area is 139 Å². The Balaban J connectivity index is 2.28. The van der Waals surface area contributed by atoms with E-state index in [-0.39, 0.29) is 5.56 Å². The molecule has 0 aliphatic carbocycles. The van der Waals surface area contributed by atoms with Gasteiger partial charge in [0.15, 0.2) is 0 Å². The van der Waals surface area contributed by atoms with Crippen LogP contribution in [0.4, 0.5) is 0 Å². The maximum absolute atomic E-state index is 12.5. The van der Waals surface area contributed by atoms with Gasteiger partial charge in [-0.15, -0.1) is 0 Å². The monoisotopic (exact) mass is 323 g/mol. The van der Waals surface area contributed by atoms with Crippen LogP contribution in [-0.2, 0) is 4.74 Å². The van der Waals surface area contributed by atoms with Crippen LogP contribution in [0, 0.1) is 6.92 Å². The molecular formula is C19H17NO4. The molecule has 122 valence electrons. The molecule has 0 atom stereocenters. The Hall–Kier alpha value is -3.08. The molecule has 0 fully saturated rings. The van der Waals surface area contributed by atoms with Crippen molar-refractivity contribution in [3.63, 3.8) is 0 Å². The van der Waals surface area contributed by atoms with E-state index in [0.717, 1.165) is 16.5 Å². The summed E-state index contributed by atoms with van der Waals surface area (Å²) < 4.78 is 11.6. The summed E-state index contributed by atoms with van der Waals surface area (Å²) in [6.45, 7) is 1.97. The van der Waals surface area contributed by atoms with Crippen LogP contribution in [0.1, 0.15) is 15.9 Å². The lowest BCUT2D eigenvalue weighted by Crippen LogP contribution is -2.18. The zero-order valence-electron chi connectivity index (χ0n) is 13.7. The molecule has 0 radical (unpaired) electrons. The highest BCUT2D eigenvalue weighted by atomic mass is 16.5. The molecule has 3 rings (SSSR count). The molecule has 0 aliphatic heterocycles. The van der Waals surface area contributed by atoms with Gasteiger partial charge in [0, 0.05) is 12.1 Å². The van der Waals surface area contributed by atoms with Crippen molar-refractivity contribution in [2.75, 3.05) is 14.2 Å². The van der Waals surface area contributed by atoms with Crippen LogP contribution in [-0.4, -0.2) is 24.8 Å². The van der Waals surface area contributed by atoms with Gasteiger partial charge in [-0.05, 0) is 42.1 Å². The summed E-state index contributed by atoms with van der Waals surface area (Å²) in [6, 6.07) is 14.2. The Morgan fingerprint density at radius 2 is 1.75 bits per heavy atom. The Kier molecular flexibility index (Phi) is 4.08. The SMILES string of the molecule is COC(=O)c1ccc(-n2c(=O)ccc3ccc(C)cc32)cc1OC. The van der Waals surface area contributed by atoms with Crippen LogP contribution in [0.2, 0.25) is 0 Å². The van der Waals surface area contributed by atoms with Gasteiger partial charge >= 0.3 is 5.97 Å². The summed E-state index contributed by atoms with van der Waals surface area (Å²) >= 11 is 0. The number of fused-ring (bicyclic) bond motifs is 1. The number of benzene rings is 2. The summed E-state index contributed by atoms with van der Waals surface area (Å²) in [7, 11) is 2.79. The maximum atomic E-state index is 12.5. The van der Waals surface area contributed by atoms with Crippen molar-refractivity contribution in [1.29, 1.82) is 0 Å². The largest absolute Gasteiger partial charge is 0.496 e. The minimum absolute atomic E-state index is 0.152. The number of rotatable bonds is 3. The number of hydrogen-bond acceptors (Lipinski definition) is 4. The van der Waals surface area contributed by atoms with E-state index in [1.807, 2.05) is 25.1 Å². The summed E-state index contributed by atoms with van der Waals surface area (Å²) in [6.07, 6.45) is 0. The van der Waals surface area contributed by atoms with E-state index in [0.29, 0.717) is 17.0 Å². The molecule has 5 nitrogen and oxygen atoms in total. The quantitative estimate of drug-likeness (QED) is 0.695. The summed E-state index contributed by atoms with van der Waals surface area (Å²) in [5.41, 5.74) is 2.64. The lowest BCUT2D eigenvalue weighted by molar-refractivity contribution is 0.0597. The molecular weight excluding hydrogens is 306 g/mol. The van der Waals surface area contributed by atoms with E-state index >= 15 is 0 Å². The predicted molar refractivity (Wildman–Crippen MR) is 92.2 cm³/mol. The molecule has 1 heterocycles. The number of carbonyl (C=O) groups is 1. The molecule has 5 heteroatoms. The minimum atomic E-state index is -0.487. The van der Waals surface area contributed by atoms with Crippen molar-refractivity contribution in [1.82, 2.24) is 4.57 Å². The summed E-state index contributed by atoms with van der Waals surface area (Å²) in [5, 5.41) is 0.955. The van der Waals surface area contributed by atoms with Gasteiger partial charge in [0.25, 0.3) is 5.56 Å². The van der Waals surface area contributed by atoms with E-state index in [1.54, 1.807) is 28.8 Å². The number of aryl methyl sites for hydroxylation is 1. The van der Waals surface area contributed by atoms with Crippen molar-refractivity contribution < 1.29 is 14.3 Å². The highest BCUT2D eigenvalue weighted by molar-refractivity contribution is 5.93. The number of methoxy groups -OCH3 is 2. The van der Waals surface area contributed by atoms with E-state index in [1.165, 1.54) is 20.3 Å². The number of hydrogen-bond donors (Lipinski definition) is 0. The Morgan fingerprint density at radius 1 is 1.00 bits per heavy atom. The van der Waals surface area contributed by atoms with Crippen molar-refractivity contribution in [3.05, 3.63) is 70.0 Å². The highest BCUT2D eigenvalue weighted by Crippen LogP contribution is 2.25. The fourth-order valence-electron chi connectivity index (χ4n) is 2.71. The van der Waals surface area contributed by atoms with Gasteiger partial charge in [0.05, 0.1) is 25.4 Å². The van der Waals surface area contributed by atoms with Gasteiger partial charge in [-0.1, -0.05) is 12.1 Å². The number of ether oxygens (including phenoxy) is 2. The molecule has 24 heavy (non-hydrogen) atoms. The lowest BCUT2D eigenvalue weighted by atomic mass is 10.1. The fourth-order valence-corrected chi connectivity index (χ4v) is 2.71. The second-order valence-corrected chi connectivity index (χ2v) is 5.45. The van der Waals surface area contributed by atoms with Crippen molar-refractivity contribution >= 4 is 16.9 Å². The van der Waals surface area contributed by atoms with Crippen molar-refractivity contribution in [2.24, 2.45) is 0 Å². The third-order valence-corrected chi connectivity index (χ3v) is 3.90. The van der Waals surface area contributed by atoms with Gasteiger partial charge < -0.3 is 9.47 Å². The first-order chi connectivity index (χ1) is 11.5. The second kappa shape index (κ2) is 6.20. The zero-order valence-corrected chi connectivity index (χ0v) is 13.7. The first-order valence-corrected chi connectivity index (χ1v) is 7.44. The Bertz CT molecular complexity index is 988. The molecule has 3 aromatic rings. The molecule has 0 bridgehead atoms. The maximum Gasteiger partial charge on any atom is 0.341 e. The van der Waals surface area contributed by atoms with Gasteiger partial charge in [0.1, 0.15) is 11.3 Å². The third-order valence-electron chi connectivity index (χ3n) is 3.90. The van der Waals surface area contributed by atoms with Crippen molar-refractivity contribution in [3.8, 4) is 11.4 Å². The molecule has 1 aromatic heterocycles. The van der Waals surface area contributed by atoms with Crippen LogP contribution in [0.5, 0.6) is 5.75 Å². The zero-order chi connectivity index (χ0) is 17.3. The average Bonchev–Trinajstić information content (AvgIpc) is 2.60. The minimum Gasteiger partial charge on any atom is -0.496 e. The topological polar surface area (TPSA) is 57.5 Å². The summed E-state index contributed by atoms with van der Waals surface area (Å²) in [5.74, 6) is -0.129. The molecule has 0 aliphatic rings. The average molecular weight is 323 g/mol. The van der Waals surface area contributed by atoms with E-state index in [4.69, 9.17) is 9.47 Å². The predicted octanol–water partition coefficient (Wildman–Crippen LogP) is 3.09. The number of nitrogens with zero attached hydrogens (tertiary/aromatic N) is 1. The highest BCUT2D eigenvalue weighted by Gasteiger charge is 2.15. The van der Waals surface area contributed by atoms with Crippen LogP contribution in [0.15, 0.2) is 53.3 Å². The van der Waals surface area contributed by atoms with E-state index in [9.17, 15) is 9.59 Å².